The summed E-state index contributed by atoms with van der Waals surface area (Å²) in [5.41, 5.74) is 1.85. The molecule has 0 radical (unpaired) electrons. The number of carbonyl (C=O) groups is 1. The molecule has 3 aromatic rings. The molecule has 0 atom stereocenters. The lowest BCUT2D eigenvalue weighted by Crippen LogP contribution is -2.43. The number of aromatic nitrogens is 3. The van der Waals surface area contributed by atoms with Gasteiger partial charge in [-0.1, -0.05) is 25.5 Å². The zero-order valence-electron chi connectivity index (χ0n) is 23.0. The van der Waals surface area contributed by atoms with Crippen LogP contribution in [0.2, 0.25) is 0 Å². The molecule has 0 spiro atoms. The highest BCUT2D eigenvalue weighted by molar-refractivity contribution is 6.04. The smallest absolute Gasteiger partial charge is 0.260 e. The summed E-state index contributed by atoms with van der Waals surface area (Å²) in [5.74, 6) is 0.663. The topological polar surface area (TPSA) is 95.4 Å². The van der Waals surface area contributed by atoms with E-state index in [9.17, 15) is 9.59 Å². The molecule has 9 nitrogen and oxygen atoms in total. The third kappa shape index (κ3) is 5.54. The van der Waals surface area contributed by atoms with E-state index in [2.05, 4.69) is 57.6 Å². The van der Waals surface area contributed by atoms with Crippen molar-refractivity contribution >= 4 is 33.7 Å². The van der Waals surface area contributed by atoms with E-state index >= 15 is 0 Å². The van der Waals surface area contributed by atoms with Crippen molar-refractivity contribution < 1.29 is 4.79 Å². The second-order valence-corrected chi connectivity index (χ2v) is 11.0. The van der Waals surface area contributed by atoms with Crippen LogP contribution in [0.5, 0.6) is 0 Å². The Morgan fingerprint density at radius 1 is 1.05 bits per heavy atom. The van der Waals surface area contributed by atoms with Gasteiger partial charge >= 0.3 is 0 Å². The fraction of sp³-hybridized carbons (Fsp3) is 0.586. The first kappa shape index (κ1) is 26.6. The number of nitrogens with zero attached hydrogens (tertiary/aromatic N) is 5. The zero-order chi connectivity index (χ0) is 26.6. The maximum Gasteiger partial charge on any atom is 0.260 e. The number of benzene rings is 1. The monoisotopic (exact) mass is 519 g/mol. The largest absolute Gasteiger partial charge is 0.359 e. The molecule has 9 heteroatoms. The van der Waals surface area contributed by atoms with E-state index in [-0.39, 0.29) is 23.4 Å². The molecule has 1 aliphatic carbocycles. The number of piperazine rings is 1. The second kappa shape index (κ2) is 11.8. The van der Waals surface area contributed by atoms with Crippen molar-refractivity contribution in [2.24, 2.45) is 5.92 Å². The molecule has 0 unspecified atom stereocenters. The summed E-state index contributed by atoms with van der Waals surface area (Å²) in [4.78, 5) is 40.7. The van der Waals surface area contributed by atoms with E-state index in [1.165, 1.54) is 0 Å². The van der Waals surface area contributed by atoms with Gasteiger partial charge in [0, 0.05) is 75.2 Å². The number of likely N-dealkylation sites (N-methyl/N-ethyl adjacent to an activating group) is 1. The standard InChI is InChI=1S/C29H41N7O2/c1-4-5-12-31-29-32-18-25-23-11-6-20(19-35-15-13-34(3)14-16-35)17-24(23)28(38)36(26(25)33-29)22-9-7-21(8-10-22)27(37)30-2/h6,11,17-18,21-22H,4-5,7-10,12-16,19H2,1-3H3,(H,30,37)(H,31,32,33)/t21-,22-. The molecule has 1 aliphatic heterocycles. The van der Waals surface area contributed by atoms with Gasteiger partial charge in [-0.3, -0.25) is 19.1 Å². The molecule has 0 bridgehead atoms. The minimum absolute atomic E-state index is 0.00864. The highest BCUT2D eigenvalue weighted by atomic mass is 16.1. The average molecular weight is 520 g/mol. The van der Waals surface area contributed by atoms with Crippen LogP contribution < -0.4 is 16.2 Å². The van der Waals surface area contributed by atoms with Crippen molar-refractivity contribution in [3.05, 3.63) is 40.3 Å². The summed E-state index contributed by atoms with van der Waals surface area (Å²) in [6.07, 6.45) is 7.08. The van der Waals surface area contributed by atoms with Crippen molar-refractivity contribution in [2.45, 2.75) is 58.0 Å². The summed E-state index contributed by atoms with van der Waals surface area (Å²) in [5, 5.41) is 8.65. The summed E-state index contributed by atoms with van der Waals surface area (Å²) in [6, 6.07) is 6.31. The molecule has 38 heavy (non-hydrogen) atoms. The van der Waals surface area contributed by atoms with Crippen LogP contribution in [0.15, 0.2) is 29.2 Å². The highest BCUT2D eigenvalue weighted by Gasteiger charge is 2.29. The third-order valence-electron chi connectivity index (χ3n) is 8.31. The van der Waals surface area contributed by atoms with E-state index in [0.29, 0.717) is 11.6 Å². The van der Waals surface area contributed by atoms with Gasteiger partial charge in [0.15, 0.2) is 0 Å². The number of hydrogen-bond acceptors (Lipinski definition) is 7. The number of amides is 1. The third-order valence-corrected chi connectivity index (χ3v) is 8.31. The fourth-order valence-corrected chi connectivity index (χ4v) is 5.94. The Morgan fingerprint density at radius 3 is 2.53 bits per heavy atom. The normalized spacial score (nSPS) is 21.1. The Hall–Kier alpha value is -3.04. The summed E-state index contributed by atoms with van der Waals surface area (Å²) < 4.78 is 1.91. The van der Waals surface area contributed by atoms with Crippen molar-refractivity contribution in [3.63, 3.8) is 0 Å². The molecule has 1 saturated heterocycles. The Balaban J connectivity index is 1.54. The molecule has 1 aromatic carbocycles. The molecule has 2 N–H and O–H groups in total. The maximum atomic E-state index is 14.2. The molecule has 2 aliphatic rings. The number of nitrogens with one attached hydrogen (secondary N) is 2. The SMILES string of the molecule is CCCCNc1ncc2c3ccc(CN4CCN(C)CC4)cc3c(=O)n([C@H]3CC[C@H](C(=O)NC)CC3)c2n1. The predicted octanol–water partition coefficient (Wildman–Crippen LogP) is 3.38. The van der Waals surface area contributed by atoms with Crippen molar-refractivity contribution in [2.75, 3.05) is 52.1 Å². The Morgan fingerprint density at radius 2 is 1.82 bits per heavy atom. The number of pyridine rings is 1. The fourth-order valence-electron chi connectivity index (χ4n) is 5.94. The quantitative estimate of drug-likeness (QED) is 0.348. The number of hydrogen-bond donors (Lipinski definition) is 2. The summed E-state index contributed by atoms with van der Waals surface area (Å²) in [6.45, 7) is 7.99. The predicted molar refractivity (Wildman–Crippen MR) is 153 cm³/mol. The minimum atomic E-state index is 0.00864. The number of unbranched alkanes of at least 4 members (excludes halogenated alkanes) is 1. The Labute approximate surface area is 224 Å². The van der Waals surface area contributed by atoms with Crippen LogP contribution in [0.4, 0.5) is 5.95 Å². The highest BCUT2D eigenvalue weighted by Crippen LogP contribution is 2.34. The van der Waals surface area contributed by atoms with Crippen molar-refractivity contribution in [1.82, 2.24) is 29.7 Å². The van der Waals surface area contributed by atoms with Crippen LogP contribution in [-0.2, 0) is 11.3 Å². The molecule has 204 valence electrons. The average Bonchev–Trinajstić information content (AvgIpc) is 2.94. The zero-order valence-corrected chi connectivity index (χ0v) is 23.0. The van der Waals surface area contributed by atoms with Gasteiger partial charge in [-0.05, 0) is 56.2 Å². The van der Waals surface area contributed by atoms with Crippen LogP contribution in [-0.4, -0.2) is 77.1 Å². The van der Waals surface area contributed by atoms with Gasteiger partial charge in [0.1, 0.15) is 5.65 Å². The summed E-state index contributed by atoms with van der Waals surface area (Å²) >= 11 is 0. The minimum Gasteiger partial charge on any atom is -0.359 e. The molecule has 3 heterocycles. The van der Waals surface area contributed by atoms with Crippen LogP contribution in [0.3, 0.4) is 0 Å². The van der Waals surface area contributed by atoms with Gasteiger partial charge in [-0.2, -0.15) is 4.98 Å². The number of fused-ring (bicyclic) bond motifs is 3. The number of carbonyl (C=O) groups excluding carboxylic acids is 1. The van der Waals surface area contributed by atoms with Gasteiger partial charge in [-0.15, -0.1) is 0 Å². The van der Waals surface area contributed by atoms with Gasteiger partial charge in [0.25, 0.3) is 5.56 Å². The van der Waals surface area contributed by atoms with E-state index in [4.69, 9.17) is 4.98 Å². The van der Waals surface area contributed by atoms with E-state index in [1.54, 1.807) is 7.05 Å². The first-order valence-corrected chi connectivity index (χ1v) is 14.2. The molecule has 1 amide bonds. The molecule has 5 rings (SSSR count). The molecule has 2 aromatic heterocycles. The van der Waals surface area contributed by atoms with Crippen LogP contribution in [0.25, 0.3) is 21.8 Å². The lowest BCUT2D eigenvalue weighted by molar-refractivity contribution is -0.125. The lowest BCUT2D eigenvalue weighted by atomic mass is 9.85. The first-order chi connectivity index (χ1) is 18.5. The van der Waals surface area contributed by atoms with Crippen molar-refractivity contribution in [3.8, 4) is 0 Å². The first-order valence-electron chi connectivity index (χ1n) is 14.2. The molecule has 2 fully saturated rings. The van der Waals surface area contributed by atoms with Gasteiger partial charge < -0.3 is 15.5 Å². The second-order valence-electron chi connectivity index (χ2n) is 11.0. The van der Waals surface area contributed by atoms with Gasteiger partial charge in [0.2, 0.25) is 11.9 Å². The Kier molecular flexibility index (Phi) is 8.24. The van der Waals surface area contributed by atoms with E-state index in [0.717, 1.165) is 99.5 Å². The van der Waals surface area contributed by atoms with Crippen LogP contribution in [0, 0.1) is 5.92 Å². The van der Waals surface area contributed by atoms with Crippen LogP contribution >= 0.6 is 0 Å². The molecular formula is C29H41N7O2. The van der Waals surface area contributed by atoms with Gasteiger partial charge in [0.05, 0.1) is 0 Å². The van der Waals surface area contributed by atoms with Crippen molar-refractivity contribution in [1.29, 1.82) is 0 Å². The molecular weight excluding hydrogens is 478 g/mol. The Bertz CT molecular complexity index is 1340. The lowest BCUT2D eigenvalue weighted by Gasteiger charge is -2.32. The van der Waals surface area contributed by atoms with E-state index in [1.807, 2.05) is 10.8 Å². The van der Waals surface area contributed by atoms with Crippen LogP contribution in [0.1, 0.15) is 57.1 Å². The number of anilines is 1. The van der Waals surface area contributed by atoms with Gasteiger partial charge in [-0.25, -0.2) is 4.98 Å². The maximum absolute atomic E-state index is 14.2. The number of rotatable bonds is 8. The summed E-state index contributed by atoms with van der Waals surface area (Å²) in [7, 11) is 3.86. The molecule has 1 saturated carbocycles. The van der Waals surface area contributed by atoms with E-state index < -0.39 is 0 Å².